The standard InChI is InChI=1S/C31H35NO7/c1-17-28(31(35)39-21-7-5-6-8-21)29(19-9-11-23(33)26(16-19)37-3)30-22(32-17)13-20(14-24(30)34)18-10-12-25(36-2)27(15-18)38-4/h9-12,15-16,20-21,29,32-33H,5-8,13-14H2,1-4H3/t20-,29+/m1/s1. The van der Waals surface area contributed by atoms with Gasteiger partial charge in [-0.05, 0) is 80.3 Å². The van der Waals surface area contributed by atoms with E-state index in [9.17, 15) is 14.7 Å². The molecule has 8 nitrogen and oxygen atoms in total. The molecule has 0 aromatic heterocycles. The number of nitrogens with one attached hydrogen (secondary N) is 1. The van der Waals surface area contributed by atoms with Crippen molar-refractivity contribution in [3.05, 3.63) is 70.1 Å². The third-order valence-electron chi connectivity index (χ3n) is 8.04. The number of phenols is 1. The van der Waals surface area contributed by atoms with Crippen molar-refractivity contribution in [2.45, 2.75) is 63.4 Å². The zero-order valence-corrected chi connectivity index (χ0v) is 22.8. The highest BCUT2D eigenvalue weighted by molar-refractivity contribution is 6.04. The number of carbonyl (C=O) groups is 2. The molecular weight excluding hydrogens is 498 g/mol. The van der Waals surface area contributed by atoms with Crippen LogP contribution in [0.25, 0.3) is 0 Å². The van der Waals surface area contributed by atoms with Crippen LogP contribution in [0.5, 0.6) is 23.0 Å². The molecule has 0 unspecified atom stereocenters. The molecule has 39 heavy (non-hydrogen) atoms. The second-order valence-corrected chi connectivity index (χ2v) is 10.4. The van der Waals surface area contributed by atoms with E-state index in [0.717, 1.165) is 36.9 Å². The van der Waals surface area contributed by atoms with Gasteiger partial charge in [-0.25, -0.2) is 4.79 Å². The fraction of sp³-hybridized carbons (Fsp3) is 0.419. The Balaban J connectivity index is 1.55. The number of hydrogen-bond acceptors (Lipinski definition) is 8. The Bertz CT molecular complexity index is 1350. The van der Waals surface area contributed by atoms with E-state index < -0.39 is 11.9 Å². The molecule has 206 valence electrons. The molecule has 0 amide bonds. The highest BCUT2D eigenvalue weighted by Crippen LogP contribution is 2.47. The van der Waals surface area contributed by atoms with Crippen LogP contribution in [0, 0.1) is 0 Å². The zero-order valence-electron chi connectivity index (χ0n) is 22.8. The number of ether oxygens (including phenoxy) is 4. The Labute approximate surface area is 228 Å². The predicted octanol–water partition coefficient (Wildman–Crippen LogP) is 5.27. The topological polar surface area (TPSA) is 103 Å². The highest BCUT2D eigenvalue weighted by Gasteiger charge is 2.42. The van der Waals surface area contributed by atoms with Gasteiger partial charge in [0.15, 0.2) is 28.8 Å². The van der Waals surface area contributed by atoms with Crippen molar-refractivity contribution < 1.29 is 33.6 Å². The van der Waals surface area contributed by atoms with E-state index in [1.165, 1.54) is 13.2 Å². The summed E-state index contributed by atoms with van der Waals surface area (Å²) >= 11 is 0. The van der Waals surface area contributed by atoms with Crippen LogP contribution in [-0.4, -0.2) is 44.3 Å². The summed E-state index contributed by atoms with van der Waals surface area (Å²) in [5, 5.41) is 13.6. The smallest absolute Gasteiger partial charge is 0.337 e. The summed E-state index contributed by atoms with van der Waals surface area (Å²) in [4.78, 5) is 27.5. The molecule has 1 saturated carbocycles. The number of benzene rings is 2. The second-order valence-electron chi connectivity index (χ2n) is 10.4. The van der Waals surface area contributed by atoms with Crippen molar-refractivity contribution in [3.63, 3.8) is 0 Å². The number of rotatable bonds is 7. The zero-order chi connectivity index (χ0) is 27.7. The number of dihydropyridines is 1. The Morgan fingerprint density at radius 3 is 2.26 bits per heavy atom. The van der Waals surface area contributed by atoms with Gasteiger partial charge < -0.3 is 29.4 Å². The first-order valence-electron chi connectivity index (χ1n) is 13.4. The van der Waals surface area contributed by atoms with Gasteiger partial charge in [0, 0.05) is 29.3 Å². The van der Waals surface area contributed by atoms with E-state index in [0.29, 0.717) is 40.3 Å². The average Bonchev–Trinajstić information content (AvgIpc) is 3.45. The highest BCUT2D eigenvalue weighted by atomic mass is 16.5. The van der Waals surface area contributed by atoms with Crippen LogP contribution in [0.3, 0.4) is 0 Å². The molecule has 0 saturated heterocycles. The molecule has 1 fully saturated rings. The summed E-state index contributed by atoms with van der Waals surface area (Å²) in [5.74, 6) is 0.349. The monoisotopic (exact) mass is 533 g/mol. The van der Waals surface area contributed by atoms with Crippen LogP contribution in [0.1, 0.15) is 68.4 Å². The molecule has 2 aromatic rings. The lowest BCUT2D eigenvalue weighted by Crippen LogP contribution is -2.36. The van der Waals surface area contributed by atoms with E-state index in [4.69, 9.17) is 18.9 Å². The van der Waals surface area contributed by atoms with E-state index >= 15 is 0 Å². The lowest BCUT2D eigenvalue weighted by atomic mass is 9.71. The van der Waals surface area contributed by atoms with Crippen molar-refractivity contribution in [1.82, 2.24) is 5.32 Å². The molecule has 2 aliphatic carbocycles. The molecule has 2 N–H and O–H groups in total. The van der Waals surface area contributed by atoms with Crippen LogP contribution >= 0.6 is 0 Å². The van der Waals surface area contributed by atoms with Gasteiger partial charge in [-0.3, -0.25) is 4.79 Å². The van der Waals surface area contributed by atoms with Gasteiger partial charge in [0.05, 0.1) is 26.9 Å². The summed E-state index contributed by atoms with van der Waals surface area (Å²) < 4.78 is 22.2. The molecule has 2 aromatic carbocycles. The van der Waals surface area contributed by atoms with Crippen LogP contribution in [-0.2, 0) is 14.3 Å². The molecule has 5 rings (SSSR count). The number of Topliss-reactive ketones (excluding diaryl/α,β-unsaturated/α-hetero) is 1. The quantitative estimate of drug-likeness (QED) is 0.465. The maximum absolute atomic E-state index is 13.9. The number of phenolic OH excluding ortho intramolecular Hbond substituents is 1. The molecule has 8 heteroatoms. The fourth-order valence-electron chi connectivity index (χ4n) is 6.08. The van der Waals surface area contributed by atoms with E-state index in [-0.39, 0.29) is 35.7 Å². The van der Waals surface area contributed by atoms with Gasteiger partial charge in [0.1, 0.15) is 6.10 Å². The number of esters is 1. The fourth-order valence-corrected chi connectivity index (χ4v) is 6.08. The third kappa shape index (κ3) is 5.07. The number of allylic oxidation sites excluding steroid dienone is 3. The van der Waals surface area contributed by atoms with Crippen LogP contribution in [0.2, 0.25) is 0 Å². The Hall–Kier alpha value is -3.94. The van der Waals surface area contributed by atoms with Gasteiger partial charge in [-0.2, -0.15) is 0 Å². The van der Waals surface area contributed by atoms with Gasteiger partial charge in [0.2, 0.25) is 0 Å². The molecule has 3 aliphatic rings. The minimum Gasteiger partial charge on any atom is -0.504 e. The molecule has 2 atom stereocenters. The lowest BCUT2D eigenvalue weighted by molar-refractivity contribution is -0.144. The van der Waals surface area contributed by atoms with Crippen molar-refractivity contribution in [3.8, 4) is 23.0 Å². The SMILES string of the molecule is COc1cc([C@H]2C(C(=O)OC3CCCC3)=C(C)NC3=C2C(=O)C[C@H](c2ccc(OC)c(OC)c2)C3)ccc1O. The first-order valence-corrected chi connectivity index (χ1v) is 13.4. The summed E-state index contributed by atoms with van der Waals surface area (Å²) in [6.07, 6.45) is 4.54. The van der Waals surface area contributed by atoms with Crippen molar-refractivity contribution in [2.75, 3.05) is 21.3 Å². The third-order valence-corrected chi connectivity index (χ3v) is 8.04. The molecule has 1 heterocycles. The first kappa shape index (κ1) is 26.7. The normalized spacial score (nSPS) is 21.4. The molecule has 0 radical (unpaired) electrons. The van der Waals surface area contributed by atoms with Gasteiger partial charge in [-0.15, -0.1) is 0 Å². The summed E-state index contributed by atoms with van der Waals surface area (Å²) in [6, 6.07) is 10.7. The maximum atomic E-state index is 13.9. The number of aromatic hydroxyl groups is 1. The molecule has 1 aliphatic heterocycles. The Morgan fingerprint density at radius 2 is 1.56 bits per heavy atom. The van der Waals surface area contributed by atoms with Crippen LogP contribution in [0.15, 0.2) is 58.9 Å². The van der Waals surface area contributed by atoms with Gasteiger partial charge >= 0.3 is 5.97 Å². The van der Waals surface area contributed by atoms with Crippen molar-refractivity contribution >= 4 is 11.8 Å². The summed E-state index contributed by atoms with van der Waals surface area (Å²) in [6.45, 7) is 1.85. The van der Waals surface area contributed by atoms with E-state index in [1.54, 1.807) is 26.4 Å². The van der Waals surface area contributed by atoms with Crippen LogP contribution < -0.4 is 19.5 Å². The second kappa shape index (κ2) is 11.0. The summed E-state index contributed by atoms with van der Waals surface area (Å²) in [5.41, 5.74) is 4.10. The number of carbonyl (C=O) groups excluding carboxylic acids is 2. The number of hydrogen-bond donors (Lipinski definition) is 2. The van der Waals surface area contributed by atoms with Crippen LogP contribution in [0.4, 0.5) is 0 Å². The maximum Gasteiger partial charge on any atom is 0.337 e. The minimum atomic E-state index is -0.636. The predicted molar refractivity (Wildman–Crippen MR) is 145 cm³/mol. The van der Waals surface area contributed by atoms with Crippen molar-refractivity contribution in [2.24, 2.45) is 0 Å². The van der Waals surface area contributed by atoms with E-state index in [1.807, 2.05) is 25.1 Å². The number of ketones is 1. The molecule has 0 spiro atoms. The first-order chi connectivity index (χ1) is 18.8. The lowest BCUT2D eigenvalue weighted by Gasteiger charge is -2.37. The minimum absolute atomic E-state index is 0.0105. The molecule has 0 bridgehead atoms. The largest absolute Gasteiger partial charge is 0.504 e. The Morgan fingerprint density at radius 1 is 0.897 bits per heavy atom. The van der Waals surface area contributed by atoms with E-state index in [2.05, 4.69) is 5.32 Å². The Kier molecular flexibility index (Phi) is 7.55. The van der Waals surface area contributed by atoms with Crippen molar-refractivity contribution in [1.29, 1.82) is 0 Å². The van der Waals surface area contributed by atoms with Gasteiger partial charge in [-0.1, -0.05) is 12.1 Å². The number of methoxy groups -OCH3 is 3. The summed E-state index contributed by atoms with van der Waals surface area (Å²) in [7, 11) is 4.66. The molecular formula is C31H35NO7. The average molecular weight is 534 g/mol. The van der Waals surface area contributed by atoms with Gasteiger partial charge in [0.25, 0.3) is 0 Å².